The van der Waals surface area contributed by atoms with E-state index in [0.29, 0.717) is 6.04 Å². The lowest BCUT2D eigenvalue weighted by molar-refractivity contribution is 0.152. The van der Waals surface area contributed by atoms with Gasteiger partial charge in [0.1, 0.15) is 0 Å². The number of nitrogens with zero attached hydrogens (tertiary/aromatic N) is 3. The number of hydrogen-bond donors (Lipinski definition) is 1. The molecule has 122 valence electrons. The van der Waals surface area contributed by atoms with Gasteiger partial charge in [0.05, 0.1) is 0 Å². The molecule has 0 bridgehead atoms. The highest BCUT2D eigenvalue weighted by Gasteiger charge is 2.23. The first-order valence-corrected chi connectivity index (χ1v) is 8.59. The molecular formula is C16H32N4O. The number of urea groups is 1. The second-order valence-electron chi connectivity index (χ2n) is 6.65. The molecule has 21 heavy (non-hydrogen) atoms. The monoisotopic (exact) mass is 296 g/mol. The van der Waals surface area contributed by atoms with Gasteiger partial charge < -0.3 is 20.0 Å². The average Bonchev–Trinajstić information content (AvgIpc) is 2.52. The van der Waals surface area contributed by atoms with Crippen LogP contribution in [0.15, 0.2) is 0 Å². The van der Waals surface area contributed by atoms with Crippen molar-refractivity contribution in [1.29, 1.82) is 0 Å². The largest absolute Gasteiger partial charge is 0.331 e. The fraction of sp³-hybridized carbons (Fsp3) is 0.938. The van der Waals surface area contributed by atoms with Gasteiger partial charge in [-0.3, -0.25) is 0 Å². The molecule has 0 aromatic carbocycles. The number of nitrogens with one attached hydrogen (secondary N) is 1. The zero-order chi connectivity index (χ0) is 15.1. The number of carbonyl (C=O) groups excluding carboxylic acids is 1. The Bertz CT molecular complexity index is 307. The van der Waals surface area contributed by atoms with E-state index in [1.165, 1.54) is 45.3 Å². The van der Waals surface area contributed by atoms with Gasteiger partial charge >= 0.3 is 6.03 Å². The van der Waals surface area contributed by atoms with E-state index >= 15 is 0 Å². The Labute approximate surface area is 129 Å². The summed E-state index contributed by atoms with van der Waals surface area (Å²) in [5, 5.41) is 3.67. The third-order valence-corrected chi connectivity index (χ3v) is 4.68. The third-order valence-electron chi connectivity index (χ3n) is 4.68. The van der Waals surface area contributed by atoms with Crippen molar-refractivity contribution in [3.63, 3.8) is 0 Å². The standard InChI is InChI=1S/C16H32N4O/c1-18(2)16(21)20-13-7-15(8-14-20)17-9-6-12-19-10-4-3-5-11-19/h15,17H,3-14H2,1-2H3. The summed E-state index contributed by atoms with van der Waals surface area (Å²) in [5.74, 6) is 0. The minimum absolute atomic E-state index is 0.151. The van der Waals surface area contributed by atoms with Crippen LogP contribution in [0.4, 0.5) is 4.79 Å². The Morgan fingerprint density at radius 3 is 2.38 bits per heavy atom. The summed E-state index contributed by atoms with van der Waals surface area (Å²) in [5.41, 5.74) is 0. The van der Waals surface area contributed by atoms with E-state index in [1.54, 1.807) is 4.90 Å². The second kappa shape index (κ2) is 8.59. The number of piperidine rings is 2. The van der Waals surface area contributed by atoms with Crippen molar-refractivity contribution in [2.45, 2.75) is 44.6 Å². The summed E-state index contributed by atoms with van der Waals surface area (Å²) in [6.07, 6.45) is 7.60. The molecule has 2 amide bonds. The van der Waals surface area contributed by atoms with Gasteiger partial charge in [0, 0.05) is 33.2 Å². The summed E-state index contributed by atoms with van der Waals surface area (Å²) in [6.45, 7) is 6.73. The topological polar surface area (TPSA) is 38.8 Å². The molecule has 0 unspecified atom stereocenters. The van der Waals surface area contributed by atoms with Crippen LogP contribution in [-0.4, -0.2) is 80.1 Å². The SMILES string of the molecule is CN(C)C(=O)N1CCC(NCCCN2CCCCC2)CC1. The van der Waals surface area contributed by atoms with E-state index in [2.05, 4.69) is 10.2 Å². The lowest BCUT2D eigenvalue weighted by Crippen LogP contribution is -2.48. The highest BCUT2D eigenvalue weighted by molar-refractivity contribution is 5.73. The van der Waals surface area contributed by atoms with Crippen LogP contribution in [0.1, 0.15) is 38.5 Å². The van der Waals surface area contributed by atoms with Gasteiger partial charge in [-0.1, -0.05) is 6.42 Å². The maximum Gasteiger partial charge on any atom is 0.319 e. The maximum absolute atomic E-state index is 11.9. The van der Waals surface area contributed by atoms with Crippen LogP contribution >= 0.6 is 0 Å². The quantitative estimate of drug-likeness (QED) is 0.783. The molecule has 2 heterocycles. The third kappa shape index (κ3) is 5.47. The summed E-state index contributed by atoms with van der Waals surface area (Å²) >= 11 is 0. The molecule has 0 radical (unpaired) electrons. The number of hydrogen-bond acceptors (Lipinski definition) is 3. The first kappa shape index (κ1) is 16.6. The Kier molecular flexibility index (Phi) is 6.77. The van der Waals surface area contributed by atoms with Crippen molar-refractivity contribution in [3.05, 3.63) is 0 Å². The van der Waals surface area contributed by atoms with Gasteiger partial charge in [-0.2, -0.15) is 0 Å². The predicted octanol–water partition coefficient (Wildman–Crippen LogP) is 1.60. The minimum atomic E-state index is 0.151. The highest BCUT2D eigenvalue weighted by Crippen LogP contribution is 2.12. The molecule has 2 saturated heterocycles. The Morgan fingerprint density at radius 1 is 1.10 bits per heavy atom. The van der Waals surface area contributed by atoms with E-state index in [9.17, 15) is 4.79 Å². The summed E-state index contributed by atoms with van der Waals surface area (Å²) in [7, 11) is 3.65. The molecule has 2 aliphatic heterocycles. The van der Waals surface area contributed by atoms with Gasteiger partial charge in [0.2, 0.25) is 0 Å². The van der Waals surface area contributed by atoms with E-state index in [4.69, 9.17) is 0 Å². The summed E-state index contributed by atoms with van der Waals surface area (Å²) < 4.78 is 0. The molecule has 0 aromatic heterocycles. The summed E-state index contributed by atoms with van der Waals surface area (Å²) in [4.78, 5) is 18.1. The van der Waals surface area contributed by atoms with Crippen molar-refractivity contribution >= 4 is 6.03 Å². The van der Waals surface area contributed by atoms with E-state index in [0.717, 1.165) is 32.5 Å². The molecule has 2 fully saturated rings. The van der Waals surface area contributed by atoms with Crippen LogP contribution < -0.4 is 5.32 Å². The van der Waals surface area contributed by atoms with Gasteiger partial charge in [0.15, 0.2) is 0 Å². The van der Waals surface area contributed by atoms with Crippen molar-refractivity contribution in [2.24, 2.45) is 0 Å². The molecule has 1 N–H and O–H groups in total. The zero-order valence-corrected chi connectivity index (χ0v) is 13.8. The number of carbonyl (C=O) groups is 1. The van der Waals surface area contributed by atoms with Crippen molar-refractivity contribution in [1.82, 2.24) is 20.0 Å². The molecule has 5 nitrogen and oxygen atoms in total. The van der Waals surface area contributed by atoms with Crippen LogP contribution in [0.25, 0.3) is 0 Å². The summed E-state index contributed by atoms with van der Waals surface area (Å²) in [6, 6.07) is 0.746. The van der Waals surface area contributed by atoms with Crippen LogP contribution in [0.3, 0.4) is 0 Å². The number of likely N-dealkylation sites (tertiary alicyclic amines) is 2. The van der Waals surface area contributed by atoms with Crippen LogP contribution in [0.2, 0.25) is 0 Å². The smallest absolute Gasteiger partial charge is 0.319 e. The molecule has 2 aliphatic rings. The van der Waals surface area contributed by atoms with Gasteiger partial charge in [-0.15, -0.1) is 0 Å². The van der Waals surface area contributed by atoms with Gasteiger partial charge in [-0.05, 0) is 58.3 Å². The minimum Gasteiger partial charge on any atom is -0.331 e. The number of amides is 2. The van der Waals surface area contributed by atoms with E-state index < -0.39 is 0 Å². The first-order valence-electron chi connectivity index (χ1n) is 8.59. The van der Waals surface area contributed by atoms with Crippen molar-refractivity contribution in [2.75, 3.05) is 53.4 Å². The Balaban J connectivity index is 1.53. The normalized spacial score (nSPS) is 21.5. The number of rotatable bonds is 5. The van der Waals surface area contributed by atoms with E-state index in [-0.39, 0.29) is 6.03 Å². The van der Waals surface area contributed by atoms with Crippen molar-refractivity contribution < 1.29 is 4.79 Å². The van der Waals surface area contributed by atoms with Gasteiger partial charge in [-0.25, -0.2) is 4.79 Å². The zero-order valence-electron chi connectivity index (χ0n) is 13.8. The Morgan fingerprint density at radius 2 is 1.76 bits per heavy atom. The maximum atomic E-state index is 11.9. The lowest BCUT2D eigenvalue weighted by atomic mass is 10.1. The van der Waals surface area contributed by atoms with Crippen LogP contribution in [0.5, 0.6) is 0 Å². The van der Waals surface area contributed by atoms with Crippen molar-refractivity contribution in [3.8, 4) is 0 Å². The molecule has 0 spiro atoms. The second-order valence-corrected chi connectivity index (χ2v) is 6.65. The lowest BCUT2D eigenvalue weighted by Gasteiger charge is -2.34. The molecule has 0 atom stereocenters. The Hall–Kier alpha value is -0.810. The molecule has 0 aliphatic carbocycles. The van der Waals surface area contributed by atoms with Crippen LogP contribution in [0, 0.1) is 0 Å². The molecule has 2 rings (SSSR count). The average molecular weight is 296 g/mol. The van der Waals surface area contributed by atoms with E-state index in [1.807, 2.05) is 19.0 Å². The van der Waals surface area contributed by atoms with Gasteiger partial charge in [0.25, 0.3) is 0 Å². The molecule has 0 aromatic rings. The predicted molar refractivity (Wildman–Crippen MR) is 86.6 cm³/mol. The fourth-order valence-corrected chi connectivity index (χ4v) is 3.35. The molecule has 5 heteroatoms. The fourth-order valence-electron chi connectivity index (χ4n) is 3.35. The molecule has 0 saturated carbocycles. The first-order chi connectivity index (χ1) is 10.2. The highest BCUT2D eigenvalue weighted by atomic mass is 16.2. The van der Waals surface area contributed by atoms with Crippen LogP contribution in [-0.2, 0) is 0 Å². The molecular weight excluding hydrogens is 264 g/mol.